The third-order valence-electron chi connectivity index (χ3n) is 3.67. The van der Waals surface area contributed by atoms with Gasteiger partial charge >= 0.3 is 0 Å². The lowest BCUT2D eigenvalue weighted by atomic mass is 10.0. The number of phenolic OH excluding ortho intramolecular Hbond substituents is 1. The second-order valence-electron chi connectivity index (χ2n) is 5.36. The maximum absolute atomic E-state index is 10.0. The van der Waals surface area contributed by atoms with Crippen LogP contribution >= 0.6 is 0 Å². The number of nitrogens with one attached hydrogen (secondary N) is 1. The maximum atomic E-state index is 10.0. The number of aryl methyl sites for hydroxylation is 2. The van der Waals surface area contributed by atoms with E-state index >= 15 is 0 Å². The zero-order valence-electron chi connectivity index (χ0n) is 12.5. The van der Waals surface area contributed by atoms with Crippen LogP contribution < -0.4 is 5.32 Å². The fourth-order valence-electron chi connectivity index (χ4n) is 2.48. The lowest BCUT2D eigenvalue weighted by molar-refractivity contribution is 0.475. The molecule has 1 atom stereocenters. The quantitative estimate of drug-likeness (QED) is 0.570. The summed E-state index contributed by atoms with van der Waals surface area (Å²) in [6, 6.07) is 16.3. The summed E-state index contributed by atoms with van der Waals surface area (Å²) in [4.78, 5) is 0. The Hall–Kier alpha value is -2.22. The fourth-order valence-corrected chi connectivity index (χ4v) is 2.48. The van der Waals surface area contributed by atoms with E-state index in [1.54, 1.807) is 6.07 Å². The number of phenols is 1. The molecule has 2 nitrogen and oxygen atoms in total. The van der Waals surface area contributed by atoms with Crippen LogP contribution in [0.15, 0.2) is 61.2 Å². The third kappa shape index (κ3) is 4.38. The van der Waals surface area contributed by atoms with E-state index in [9.17, 15) is 5.11 Å². The van der Waals surface area contributed by atoms with Gasteiger partial charge in [0, 0.05) is 6.04 Å². The van der Waals surface area contributed by atoms with E-state index in [1.807, 2.05) is 31.2 Å². The van der Waals surface area contributed by atoms with Gasteiger partial charge in [-0.05, 0) is 43.4 Å². The Bertz CT molecular complexity index is 557. The van der Waals surface area contributed by atoms with Gasteiger partial charge in [0.25, 0.3) is 0 Å². The summed E-state index contributed by atoms with van der Waals surface area (Å²) in [5.41, 5.74) is 3.23. The number of hydrogen-bond donors (Lipinski definition) is 2. The average molecular weight is 281 g/mol. The molecule has 0 radical (unpaired) electrons. The lowest BCUT2D eigenvalue weighted by Crippen LogP contribution is -2.20. The molecule has 0 aromatic heterocycles. The Morgan fingerprint density at radius 2 is 1.90 bits per heavy atom. The minimum absolute atomic E-state index is 0.273. The molecule has 2 rings (SSSR count). The third-order valence-corrected chi connectivity index (χ3v) is 3.67. The molecule has 2 N–H and O–H groups in total. The standard InChI is InChI=1S/C19H23NO/c1-3-8-17(14-13-16-10-5-4-6-11-16)20-19-15(2)9-7-12-18(19)21/h3-7,9-12,17,20-21H,1,8,13-14H2,2H3/t17-/m1/s1. The highest BCUT2D eigenvalue weighted by Crippen LogP contribution is 2.28. The van der Waals surface area contributed by atoms with Crippen LogP contribution in [0.2, 0.25) is 0 Å². The summed E-state index contributed by atoms with van der Waals surface area (Å²) in [7, 11) is 0. The van der Waals surface area contributed by atoms with Gasteiger partial charge < -0.3 is 10.4 Å². The molecule has 0 aliphatic rings. The molecular weight excluding hydrogens is 258 g/mol. The molecule has 0 fully saturated rings. The number of para-hydroxylation sites is 1. The average Bonchev–Trinajstić information content (AvgIpc) is 2.49. The number of aromatic hydroxyl groups is 1. The second-order valence-corrected chi connectivity index (χ2v) is 5.36. The van der Waals surface area contributed by atoms with E-state index in [-0.39, 0.29) is 6.04 Å². The first-order valence-electron chi connectivity index (χ1n) is 7.40. The van der Waals surface area contributed by atoms with Crippen LogP contribution in [0.1, 0.15) is 24.0 Å². The first-order chi connectivity index (χ1) is 10.2. The van der Waals surface area contributed by atoms with Gasteiger partial charge in [-0.3, -0.25) is 0 Å². The predicted molar refractivity (Wildman–Crippen MR) is 89.8 cm³/mol. The van der Waals surface area contributed by atoms with E-state index in [0.29, 0.717) is 5.75 Å². The summed E-state index contributed by atoms with van der Waals surface area (Å²) < 4.78 is 0. The molecule has 2 heteroatoms. The summed E-state index contributed by atoms with van der Waals surface area (Å²) in [5, 5.41) is 13.5. The number of anilines is 1. The van der Waals surface area contributed by atoms with Crippen molar-refractivity contribution < 1.29 is 5.11 Å². The smallest absolute Gasteiger partial charge is 0.138 e. The van der Waals surface area contributed by atoms with Crippen LogP contribution in [0.25, 0.3) is 0 Å². The number of benzene rings is 2. The molecular formula is C19H23NO. The van der Waals surface area contributed by atoms with E-state index < -0.39 is 0 Å². The molecule has 2 aromatic carbocycles. The van der Waals surface area contributed by atoms with Crippen LogP contribution in [-0.2, 0) is 6.42 Å². The van der Waals surface area contributed by atoms with E-state index in [2.05, 4.69) is 36.2 Å². The number of hydrogen-bond acceptors (Lipinski definition) is 2. The van der Waals surface area contributed by atoms with Crippen molar-refractivity contribution in [2.75, 3.05) is 5.32 Å². The van der Waals surface area contributed by atoms with Gasteiger partial charge in [0.05, 0.1) is 5.69 Å². The van der Waals surface area contributed by atoms with Crippen molar-refractivity contribution in [3.8, 4) is 5.75 Å². The Morgan fingerprint density at radius 1 is 1.14 bits per heavy atom. The summed E-state index contributed by atoms with van der Waals surface area (Å²) >= 11 is 0. The second kappa shape index (κ2) is 7.53. The van der Waals surface area contributed by atoms with Gasteiger partial charge in [-0.2, -0.15) is 0 Å². The maximum Gasteiger partial charge on any atom is 0.138 e. The largest absolute Gasteiger partial charge is 0.506 e. The van der Waals surface area contributed by atoms with E-state index in [4.69, 9.17) is 0 Å². The molecule has 2 aromatic rings. The van der Waals surface area contributed by atoms with Crippen molar-refractivity contribution in [3.05, 3.63) is 72.3 Å². The highest BCUT2D eigenvalue weighted by Gasteiger charge is 2.11. The molecule has 21 heavy (non-hydrogen) atoms. The molecule has 0 bridgehead atoms. The fraction of sp³-hybridized carbons (Fsp3) is 0.263. The van der Waals surface area contributed by atoms with Crippen LogP contribution in [0.3, 0.4) is 0 Å². The molecule has 0 saturated heterocycles. The van der Waals surface area contributed by atoms with Gasteiger partial charge in [0.15, 0.2) is 0 Å². The highest BCUT2D eigenvalue weighted by atomic mass is 16.3. The molecule has 0 saturated carbocycles. The van der Waals surface area contributed by atoms with Gasteiger partial charge in [-0.1, -0.05) is 48.5 Å². The SMILES string of the molecule is C=CC[C@H](CCc1ccccc1)Nc1c(C)cccc1O. The molecule has 0 unspecified atom stereocenters. The Kier molecular flexibility index (Phi) is 5.44. The molecule has 0 spiro atoms. The Morgan fingerprint density at radius 3 is 2.57 bits per heavy atom. The van der Waals surface area contributed by atoms with Crippen molar-refractivity contribution in [2.24, 2.45) is 0 Å². The van der Waals surface area contributed by atoms with Crippen molar-refractivity contribution in [1.82, 2.24) is 0 Å². The van der Waals surface area contributed by atoms with Crippen molar-refractivity contribution in [2.45, 2.75) is 32.2 Å². The van der Waals surface area contributed by atoms with Crippen molar-refractivity contribution >= 4 is 5.69 Å². The summed E-state index contributed by atoms with van der Waals surface area (Å²) in [6.45, 7) is 5.84. The van der Waals surface area contributed by atoms with E-state index in [0.717, 1.165) is 30.5 Å². The van der Waals surface area contributed by atoms with Crippen LogP contribution in [0, 0.1) is 6.92 Å². The van der Waals surface area contributed by atoms with Crippen molar-refractivity contribution in [3.63, 3.8) is 0 Å². The Labute approximate surface area is 127 Å². The normalized spacial score (nSPS) is 11.9. The van der Waals surface area contributed by atoms with Crippen molar-refractivity contribution in [1.29, 1.82) is 0 Å². The van der Waals surface area contributed by atoms with E-state index in [1.165, 1.54) is 5.56 Å². The predicted octanol–water partition coefficient (Wildman–Crippen LogP) is 4.69. The minimum Gasteiger partial charge on any atom is -0.506 e. The van der Waals surface area contributed by atoms with Gasteiger partial charge in [0.1, 0.15) is 5.75 Å². The topological polar surface area (TPSA) is 32.3 Å². The summed E-state index contributed by atoms with van der Waals surface area (Å²) in [5.74, 6) is 0.309. The summed E-state index contributed by atoms with van der Waals surface area (Å²) in [6.07, 6.45) is 4.82. The lowest BCUT2D eigenvalue weighted by Gasteiger charge is -2.21. The zero-order chi connectivity index (χ0) is 15.1. The molecule has 0 aliphatic carbocycles. The van der Waals surface area contributed by atoms with Gasteiger partial charge in [0.2, 0.25) is 0 Å². The highest BCUT2D eigenvalue weighted by molar-refractivity contribution is 5.61. The van der Waals surface area contributed by atoms with Crippen LogP contribution in [0.5, 0.6) is 5.75 Å². The molecule has 0 amide bonds. The van der Waals surface area contributed by atoms with Crippen LogP contribution in [0.4, 0.5) is 5.69 Å². The Balaban J connectivity index is 2.03. The first-order valence-corrected chi connectivity index (χ1v) is 7.40. The van der Waals surface area contributed by atoms with Gasteiger partial charge in [-0.25, -0.2) is 0 Å². The monoisotopic (exact) mass is 281 g/mol. The van der Waals surface area contributed by atoms with Gasteiger partial charge in [-0.15, -0.1) is 6.58 Å². The zero-order valence-corrected chi connectivity index (χ0v) is 12.5. The molecule has 110 valence electrons. The minimum atomic E-state index is 0.273. The first kappa shape index (κ1) is 15.2. The van der Waals surface area contributed by atoms with Crippen LogP contribution in [-0.4, -0.2) is 11.1 Å². The molecule has 0 aliphatic heterocycles. The molecule has 0 heterocycles. The number of rotatable bonds is 7.